The molecule has 0 atom stereocenters. The van der Waals surface area contributed by atoms with Crippen molar-refractivity contribution >= 4 is 15.1 Å². The van der Waals surface area contributed by atoms with Crippen LogP contribution in [0.2, 0.25) is 0 Å². The van der Waals surface area contributed by atoms with Gasteiger partial charge >= 0.3 is 15.1 Å². The van der Waals surface area contributed by atoms with E-state index in [2.05, 4.69) is 62.3 Å². The molecule has 0 fully saturated rings. The van der Waals surface area contributed by atoms with Crippen molar-refractivity contribution in [2.75, 3.05) is 0 Å². The van der Waals surface area contributed by atoms with Crippen LogP contribution in [0.1, 0.15) is 293 Å². The van der Waals surface area contributed by atoms with Gasteiger partial charge in [0.2, 0.25) is 0 Å². The van der Waals surface area contributed by atoms with E-state index in [9.17, 15) is 0 Å². The standard InChI is InChI=1S/3C16H33O.Al/c3*1-4-7-10-11-12-15-16(17,13-8-5-2)14-9-6-3;/h3*4-15H2,1-3H3;/q3*-1;+3. The van der Waals surface area contributed by atoms with Crippen LogP contribution < -0.4 is 0 Å². The van der Waals surface area contributed by atoms with Crippen LogP contribution in [-0.4, -0.2) is 32.0 Å². The summed E-state index contributed by atoms with van der Waals surface area (Å²) in [7, 11) is 0. The maximum absolute atomic E-state index is 7.86. The molecule has 4 heteroatoms. The Morgan fingerprint density at radius 1 is 0.231 bits per heavy atom. The molecule has 0 amide bonds. The normalized spacial score (nSPS) is 12.6. The molecule has 0 spiro atoms. The highest BCUT2D eigenvalue weighted by molar-refractivity contribution is 6.37. The molecule has 3 nitrogen and oxygen atoms in total. The second-order valence-electron chi connectivity index (χ2n) is 17.3. The van der Waals surface area contributed by atoms with E-state index in [0.717, 1.165) is 38.5 Å². The second kappa shape index (κ2) is 35.8. The van der Waals surface area contributed by atoms with Crippen molar-refractivity contribution < 1.29 is 11.4 Å². The Morgan fingerprint density at radius 2 is 0.404 bits per heavy atom. The Kier molecular flexibility index (Phi) is 36.1. The Bertz CT molecular complexity index is 607. The first kappa shape index (κ1) is 52.4. The van der Waals surface area contributed by atoms with E-state index < -0.39 is 15.1 Å². The summed E-state index contributed by atoms with van der Waals surface area (Å²) in [6, 6.07) is 0. The van der Waals surface area contributed by atoms with Crippen LogP contribution in [0.5, 0.6) is 0 Å². The largest absolute Gasteiger partial charge is 0.906 e. The molecule has 0 radical (unpaired) electrons. The Labute approximate surface area is 335 Å². The summed E-state index contributed by atoms with van der Waals surface area (Å²) >= 11 is -2.56. The molecule has 0 aliphatic rings. The first-order valence-electron chi connectivity index (χ1n) is 24.4. The molecule has 0 saturated carbocycles. The summed E-state index contributed by atoms with van der Waals surface area (Å²) in [4.78, 5) is 0. The molecule has 0 bridgehead atoms. The number of hydrogen-bond donors (Lipinski definition) is 0. The number of unbranched alkanes of at least 4 members (excludes halogenated alkanes) is 18. The third-order valence-corrected chi connectivity index (χ3v) is 14.2. The molecule has 0 N–H and O–H groups in total. The molecule has 312 valence electrons. The molecule has 0 unspecified atom stereocenters. The fourth-order valence-electron chi connectivity index (χ4n) is 8.49. The van der Waals surface area contributed by atoms with Crippen LogP contribution in [0, 0.1) is 0 Å². The lowest BCUT2D eigenvalue weighted by Crippen LogP contribution is -2.52. The van der Waals surface area contributed by atoms with Crippen molar-refractivity contribution in [3.63, 3.8) is 0 Å². The maximum atomic E-state index is 7.86. The molecule has 0 aromatic heterocycles. The first-order chi connectivity index (χ1) is 25.3. The molecular formula is C48H99AlO3. The minimum absolute atomic E-state index is 0.111. The van der Waals surface area contributed by atoms with Crippen LogP contribution >= 0.6 is 0 Å². The minimum atomic E-state index is -2.56. The Morgan fingerprint density at radius 3 is 0.596 bits per heavy atom. The van der Waals surface area contributed by atoms with Gasteiger partial charge in [-0.25, -0.2) is 0 Å². The topological polar surface area (TPSA) is 27.7 Å². The van der Waals surface area contributed by atoms with Gasteiger partial charge in [-0.3, -0.25) is 0 Å². The minimum Gasteiger partial charge on any atom is -0.449 e. The predicted octanol–water partition coefficient (Wildman–Crippen LogP) is 17.5. The molecule has 0 heterocycles. The van der Waals surface area contributed by atoms with Crippen LogP contribution in [0.3, 0.4) is 0 Å². The van der Waals surface area contributed by atoms with Gasteiger partial charge in [0.1, 0.15) is 0 Å². The molecule has 0 aromatic carbocycles. The lowest BCUT2D eigenvalue weighted by molar-refractivity contribution is -0.112. The van der Waals surface area contributed by atoms with Crippen molar-refractivity contribution in [3.05, 3.63) is 0 Å². The highest BCUT2D eigenvalue weighted by atomic mass is 27.3. The average Bonchev–Trinajstić information content (AvgIpc) is 3.15. The Hall–Kier alpha value is 0.412. The van der Waals surface area contributed by atoms with Gasteiger partial charge in [0.05, 0.1) is 0 Å². The zero-order valence-electron chi connectivity index (χ0n) is 37.8. The van der Waals surface area contributed by atoms with Gasteiger partial charge < -0.3 is 11.4 Å². The summed E-state index contributed by atoms with van der Waals surface area (Å²) in [5.41, 5.74) is -0.334. The van der Waals surface area contributed by atoms with Crippen molar-refractivity contribution in [3.8, 4) is 0 Å². The summed E-state index contributed by atoms with van der Waals surface area (Å²) in [6.45, 7) is 21.2. The summed E-state index contributed by atoms with van der Waals surface area (Å²) in [5.74, 6) is 0. The second-order valence-corrected chi connectivity index (χ2v) is 18.6. The van der Waals surface area contributed by atoms with Crippen LogP contribution in [0.25, 0.3) is 0 Å². The zero-order valence-corrected chi connectivity index (χ0v) is 38.9. The number of hydrogen-bond acceptors (Lipinski definition) is 3. The van der Waals surface area contributed by atoms with E-state index in [-0.39, 0.29) is 16.8 Å². The van der Waals surface area contributed by atoms with E-state index in [0.29, 0.717) is 0 Å². The molecule has 52 heavy (non-hydrogen) atoms. The fraction of sp³-hybridized carbons (Fsp3) is 1.00. The van der Waals surface area contributed by atoms with E-state index >= 15 is 0 Å². The summed E-state index contributed by atoms with van der Waals surface area (Å²) < 4.78 is 23.6. The van der Waals surface area contributed by atoms with Gasteiger partial charge in [-0.1, -0.05) is 236 Å². The van der Waals surface area contributed by atoms with E-state index in [4.69, 9.17) is 11.4 Å². The molecular weight excluding hydrogens is 652 g/mol. The average molecular weight is 751 g/mol. The third-order valence-electron chi connectivity index (χ3n) is 12.2. The molecule has 0 aromatic rings. The number of rotatable bonds is 42. The van der Waals surface area contributed by atoms with E-state index in [1.807, 2.05) is 0 Å². The smallest absolute Gasteiger partial charge is 0.449 e. The monoisotopic (exact) mass is 751 g/mol. The molecule has 0 saturated heterocycles. The molecule has 0 aliphatic carbocycles. The van der Waals surface area contributed by atoms with Crippen LogP contribution in [-0.2, 0) is 11.4 Å². The van der Waals surface area contributed by atoms with Crippen LogP contribution in [0.15, 0.2) is 0 Å². The highest BCUT2D eigenvalue weighted by Crippen LogP contribution is 2.41. The van der Waals surface area contributed by atoms with Gasteiger partial charge in [-0.15, -0.1) is 0 Å². The van der Waals surface area contributed by atoms with Crippen LogP contribution in [0.4, 0.5) is 0 Å². The lowest BCUT2D eigenvalue weighted by Gasteiger charge is -2.45. The van der Waals surface area contributed by atoms with Crippen molar-refractivity contribution in [2.24, 2.45) is 0 Å². The van der Waals surface area contributed by atoms with Gasteiger partial charge in [-0.05, 0) is 57.8 Å². The zero-order chi connectivity index (χ0) is 38.7. The quantitative estimate of drug-likeness (QED) is 0.0459. The van der Waals surface area contributed by atoms with E-state index in [1.165, 1.54) is 193 Å². The SMILES string of the molecule is CCCCCCCC(CCCC)(CCCC)[O][Al]([O]C(CCCC)(CCCC)CCCCCCC)[O]C(CCCC)(CCCC)CCCCCCC. The molecule has 0 aliphatic heterocycles. The van der Waals surface area contributed by atoms with Crippen molar-refractivity contribution in [1.29, 1.82) is 0 Å². The van der Waals surface area contributed by atoms with Gasteiger partial charge in [0, 0.05) is 16.8 Å². The van der Waals surface area contributed by atoms with Gasteiger partial charge in [-0.2, -0.15) is 0 Å². The highest BCUT2D eigenvalue weighted by Gasteiger charge is 2.50. The maximum Gasteiger partial charge on any atom is 0.906 e. The predicted molar refractivity (Wildman–Crippen MR) is 234 cm³/mol. The third kappa shape index (κ3) is 25.5. The summed E-state index contributed by atoms with van der Waals surface area (Å²) in [5, 5.41) is 0. The lowest BCUT2D eigenvalue weighted by atomic mass is 9.86. The van der Waals surface area contributed by atoms with Crippen molar-refractivity contribution in [2.45, 2.75) is 310 Å². The fourth-order valence-corrected chi connectivity index (χ4v) is 10.9. The summed E-state index contributed by atoms with van der Waals surface area (Å²) in [6.07, 6.45) is 45.1. The van der Waals surface area contributed by atoms with Crippen molar-refractivity contribution in [1.82, 2.24) is 0 Å². The Balaban J connectivity index is 7.16. The first-order valence-corrected chi connectivity index (χ1v) is 25.8. The van der Waals surface area contributed by atoms with Gasteiger partial charge in [0.25, 0.3) is 0 Å². The van der Waals surface area contributed by atoms with Gasteiger partial charge in [0.15, 0.2) is 0 Å². The van der Waals surface area contributed by atoms with E-state index in [1.54, 1.807) is 0 Å². The molecule has 0 rings (SSSR count).